The van der Waals surface area contributed by atoms with Crippen LogP contribution in [0.4, 0.5) is 5.69 Å². The van der Waals surface area contributed by atoms with E-state index in [9.17, 15) is 9.59 Å². The van der Waals surface area contributed by atoms with Crippen molar-refractivity contribution in [2.45, 2.75) is 66.0 Å². The second-order valence-corrected chi connectivity index (χ2v) is 9.94. The molecule has 0 aliphatic carbocycles. The maximum absolute atomic E-state index is 13.0. The molecule has 0 saturated carbocycles. The molecule has 1 N–H and O–H groups in total. The van der Waals surface area contributed by atoms with Gasteiger partial charge < -0.3 is 15.0 Å². The zero-order valence-electron chi connectivity index (χ0n) is 21.8. The summed E-state index contributed by atoms with van der Waals surface area (Å²) in [6.07, 6.45) is 5.74. The summed E-state index contributed by atoms with van der Waals surface area (Å²) in [4.78, 5) is 30.0. The number of ether oxygens (including phenoxy) is 1. The van der Waals surface area contributed by atoms with Crippen LogP contribution in [0.1, 0.15) is 74.4 Å². The van der Waals surface area contributed by atoms with Crippen molar-refractivity contribution in [3.63, 3.8) is 0 Å². The third-order valence-electron chi connectivity index (χ3n) is 6.50. The van der Waals surface area contributed by atoms with Crippen LogP contribution in [0.15, 0.2) is 42.5 Å². The summed E-state index contributed by atoms with van der Waals surface area (Å²) in [5.41, 5.74) is 3.60. The van der Waals surface area contributed by atoms with E-state index in [1.165, 1.54) is 19.3 Å². The lowest BCUT2D eigenvalue weighted by Gasteiger charge is -2.30. The minimum Gasteiger partial charge on any atom is -0.497 e. The van der Waals surface area contributed by atoms with Crippen molar-refractivity contribution in [2.75, 3.05) is 31.6 Å². The van der Waals surface area contributed by atoms with Crippen molar-refractivity contribution in [3.8, 4) is 5.75 Å². The van der Waals surface area contributed by atoms with E-state index in [4.69, 9.17) is 4.74 Å². The molecule has 0 spiro atoms. The molecule has 1 aliphatic rings. The Morgan fingerprint density at radius 2 is 1.66 bits per heavy atom. The molecule has 6 nitrogen and oxygen atoms in total. The Kier molecular flexibility index (Phi) is 10.2. The van der Waals surface area contributed by atoms with Crippen LogP contribution < -0.4 is 15.0 Å². The lowest BCUT2D eigenvalue weighted by Crippen LogP contribution is -2.34. The molecule has 1 heterocycles. The second-order valence-electron chi connectivity index (χ2n) is 9.94. The summed E-state index contributed by atoms with van der Waals surface area (Å²) in [7, 11) is 1.64. The Balaban J connectivity index is 1.85. The fourth-order valence-electron chi connectivity index (χ4n) is 4.72. The monoisotopic (exact) mass is 479 g/mol. The quantitative estimate of drug-likeness (QED) is 0.603. The van der Waals surface area contributed by atoms with Crippen molar-refractivity contribution in [1.29, 1.82) is 0 Å². The van der Waals surface area contributed by atoms with Crippen LogP contribution in [0.5, 0.6) is 5.75 Å². The molecule has 0 atom stereocenters. The molecule has 35 heavy (non-hydrogen) atoms. The first-order valence-electron chi connectivity index (χ1n) is 12.9. The van der Waals surface area contributed by atoms with E-state index in [2.05, 4.69) is 24.1 Å². The predicted octanol–water partition coefficient (Wildman–Crippen LogP) is 5.40. The summed E-state index contributed by atoms with van der Waals surface area (Å²) in [5.74, 6) is 1.28. The van der Waals surface area contributed by atoms with Gasteiger partial charge in [-0.15, -0.1) is 0 Å². The Hall–Kier alpha value is -2.86. The standard InChI is InChI=1S/C29H41N3O3/c1-22(2)20-31-16-8-6-5-7-9-17-32(23(3)33)28-15-12-25(18-26(28)21-31)29(34)30-19-24-10-13-27(35-4)14-11-24/h10-15,18,22H,5-9,16-17,19-21H2,1-4H3,(H,30,34). The molecule has 1 aliphatic heterocycles. The number of carbonyl (C=O) groups is 2. The first-order valence-corrected chi connectivity index (χ1v) is 12.9. The lowest BCUT2D eigenvalue weighted by atomic mass is 10.0. The smallest absolute Gasteiger partial charge is 0.251 e. The normalized spacial score (nSPS) is 15.6. The maximum Gasteiger partial charge on any atom is 0.251 e. The number of nitrogens with one attached hydrogen (secondary N) is 1. The topological polar surface area (TPSA) is 61.9 Å². The SMILES string of the molecule is COc1ccc(CNC(=O)c2ccc3c(c2)CN(CC(C)C)CCCCCCCN3C(C)=O)cc1. The molecule has 0 bridgehead atoms. The van der Waals surface area contributed by atoms with Crippen LogP contribution in [0.25, 0.3) is 0 Å². The Labute approximate surface area is 210 Å². The number of anilines is 1. The van der Waals surface area contributed by atoms with Gasteiger partial charge in [0.25, 0.3) is 5.91 Å². The van der Waals surface area contributed by atoms with Crippen LogP contribution in [0, 0.1) is 5.92 Å². The maximum atomic E-state index is 13.0. The van der Waals surface area contributed by atoms with E-state index in [1.54, 1.807) is 14.0 Å². The van der Waals surface area contributed by atoms with Gasteiger partial charge in [-0.3, -0.25) is 14.5 Å². The highest BCUT2D eigenvalue weighted by Crippen LogP contribution is 2.26. The summed E-state index contributed by atoms with van der Waals surface area (Å²) in [5, 5.41) is 3.03. The average molecular weight is 480 g/mol. The van der Waals surface area contributed by atoms with Gasteiger partial charge in [0.15, 0.2) is 0 Å². The van der Waals surface area contributed by atoms with Gasteiger partial charge in [-0.05, 0) is 66.8 Å². The van der Waals surface area contributed by atoms with Crippen molar-refractivity contribution in [2.24, 2.45) is 5.92 Å². The zero-order chi connectivity index (χ0) is 25.2. The number of benzene rings is 2. The van der Waals surface area contributed by atoms with Crippen molar-refractivity contribution < 1.29 is 14.3 Å². The third-order valence-corrected chi connectivity index (χ3v) is 6.50. The van der Waals surface area contributed by atoms with Crippen LogP contribution in [-0.2, 0) is 17.9 Å². The van der Waals surface area contributed by atoms with Crippen LogP contribution >= 0.6 is 0 Å². The van der Waals surface area contributed by atoms with Gasteiger partial charge in [-0.25, -0.2) is 0 Å². The molecule has 3 rings (SSSR count). The number of nitrogens with zero attached hydrogens (tertiary/aromatic N) is 2. The second kappa shape index (κ2) is 13.3. The molecule has 0 aromatic heterocycles. The van der Waals surface area contributed by atoms with E-state index < -0.39 is 0 Å². The minimum atomic E-state index is -0.112. The van der Waals surface area contributed by atoms with Gasteiger partial charge in [0.2, 0.25) is 5.91 Å². The van der Waals surface area contributed by atoms with E-state index in [0.717, 1.165) is 61.6 Å². The van der Waals surface area contributed by atoms with E-state index >= 15 is 0 Å². The van der Waals surface area contributed by atoms with Crippen LogP contribution in [-0.4, -0.2) is 43.5 Å². The molecule has 0 fully saturated rings. The molecule has 190 valence electrons. The molecule has 6 heteroatoms. The first kappa shape index (κ1) is 26.7. The molecule has 0 radical (unpaired) electrons. The third kappa shape index (κ3) is 8.10. The summed E-state index contributed by atoms with van der Waals surface area (Å²) < 4.78 is 5.21. The molecule has 0 saturated heterocycles. The number of hydrogen-bond acceptors (Lipinski definition) is 4. The average Bonchev–Trinajstić information content (AvgIpc) is 2.83. The Morgan fingerprint density at radius 1 is 0.971 bits per heavy atom. The highest BCUT2D eigenvalue weighted by molar-refractivity contribution is 5.97. The molecular weight excluding hydrogens is 438 g/mol. The van der Waals surface area contributed by atoms with E-state index in [-0.39, 0.29) is 11.8 Å². The van der Waals surface area contributed by atoms with Gasteiger partial charge in [-0.2, -0.15) is 0 Å². The Morgan fingerprint density at radius 3 is 2.31 bits per heavy atom. The fraction of sp³-hybridized carbons (Fsp3) is 0.517. The highest BCUT2D eigenvalue weighted by atomic mass is 16.5. The van der Waals surface area contributed by atoms with Gasteiger partial charge in [0.05, 0.1) is 7.11 Å². The number of fused-ring (bicyclic) bond motifs is 1. The number of rotatable bonds is 6. The van der Waals surface area contributed by atoms with Crippen molar-refractivity contribution >= 4 is 17.5 Å². The number of carbonyl (C=O) groups excluding carboxylic acids is 2. The summed E-state index contributed by atoms with van der Waals surface area (Å²) >= 11 is 0. The van der Waals surface area contributed by atoms with Gasteiger partial charge in [0, 0.05) is 44.4 Å². The lowest BCUT2D eigenvalue weighted by molar-refractivity contribution is -0.116. The fourth-order valence-corrected chi connectivity index (χ4v) is 4.72. The first-order chi connectivity index (χ1) is 16.9. The Bertz CT molecular complexity index is 972. The molecule has 2 aromatic rings. The summed E-state index contributed by atoms with van der Waals surface area (Å²) in [6.45, 7) is 10.0. The predicted molar refractivity (Wildman–Crippen MR) is 142 cm³/mol. The largest absolute Gasteiger partial charge is 0.497 e. The van der Waals surface area contributed by atoms with Crippen molar-refractivity contribution in [3.05, 3.63) is 59.2 Å². The van der Waals surface area contributed by atoms with Gasteiger partial charge in [0.1, 0.15) is 5.75 Å². The molecular formula is C29H41N3O3. The zero-order valence-corrected chi connectivity index (χ0v) is 21.8. The number of hydrogen-bond donors (Lipinski definition) is 1. The number of methoxy groups -OCH3 is 1. The summed E-state index contributed by atoms with van der Waals surface area (Å²) in [6, 6.07) is 13.5. The molecule has 2 amide bonds. The van der Waals surface area contributed by atoms with E-state index in [0.29, 0.717) is 18.0 Å². The van der Waals surface area contributed by atoms with Crippen LogP contribution in [0.2, 0.25) is 0 Å². The van der Waals surface area contributed by atoms with Crippen LogP contribution in [0.3, 0.4) is 0 Å². The minimum absolute atomic E-state index is 0.0513. The van der Waals surface area contributed by atoms with E-state index in [1.807, 2.05) is 47.4 Å². The molecule has 2 aromatic carbocycles. The van der Waals surface area contributed by atoms with Gasteiger partial charge in [-0.1, -0.05) is 45.2 Å². The highest BCUT2D eigenvalue weighted by Gasteiger charge is 2.20. The number of amides is 2. The molecule has 0 unspecified atom stereocenters. The van der Waals surface area contributed by atoms with Crippen molar-refractivity contribution in [1.82, 2.24) is 10.2 Å². The van der Waals surface area contributed by atoms with Gasteiger partial charge >= 0.3 is 0 Å².